The molecular formula is C26H31N3O5. The van der Waals surface area contributed by atoms with Crippen molar-refractivity contribution in [3.05, 3.63) is 59.7 Å². The van der Waals surface area contributed by atoms with Crippen molar-refractivity contribution in [2.75, 3.05) is 44.4 Å². The molecule has 2 heterocycles. The molecule has 0 saturated carbocycles. The molecule has 180 valence electrons. The molecule has 0 aromatic heterocycles. The number of morpholine rings is 1. The van der Waals surface area contributed by atoms with Gasteiger partial charge in [0, 0.05) is 38.3 Å². The average molecular weight is 466 g/mol. The van der Waals surface area contributed by atoms with Crippen molar-refractivity contribution >= 4 is 23.4 Å². The Kier molecular flexibility index (Phi) is 7.80. The van der Waals surface area contributed by atoms with Gasteiger partial charge in [0.15, 0.2) is 6.61 Å². The van der Waals surface area contributed by atoms with Crippen LogP contribution in [-0.4, -0.2) is 62.1 Å². The van der Waals surface area contributed by atoms with Gasteiger partial charge in [-0.15, -0.1) is 0 Å². The van der Waals surface area contributed by atoms with Crippen molar-refractivity contribution < 1.29 is 23.9 Å². The van der Waals surface area contributed by atoms with Crippen LogP contribution in [0.15, 0.2) is 48.5 Å². The highest BCUT2D eigenvalue weighted by atomic mass is 16.5. The molecule has 4 rings (SSSR count). The molecule has 8 nitrogen and oxygen atoms in total. The van der Waals surface area contributed by atoms with Crippen LogP contribution in [0.4, 0.5) is 5.69 Å². The molecule has 2 aromatic carbocycles. The lowest BCUT2D eigenvalue weighted by Crippen LogP contribution is -2.42. The lowest BCUT2D eigenvalue weighted by atomic mass is 10.1. The van der Waals surface area contributed by atoms with Crippen molar-refractivity contribution in [1.29, 1.82) is 0 Å². The summed E-state index contributed by atoms with van der Waals surface area (Å²) in [5.74, 6) is -0.0947. The lowest BCUT2D eigenvalue weighted by Gasteiger charge is -2.26. The summed E-state index contributed by atoms with van der Waals surface area (Å²) in [5.41, 5.74) is 3.00. The monoisotopic (exact) mass is 465 g/mol. The van der Waals surface area contributed by atoms with Gasteiger partial charge in [0.05, 0.1) is 19.1 Å². The summed E-state index contributed by atoms with van der Waals surface area (Å²) in [7, 11) is 0. The van der Waals surface area contributed by atoms with Gasteiger partial charge in [0.1, 0.15) is 5.75 Å². The number of nitrogens with zero attached hydrogens (tertiary/aromatic N) is 2. The lowest BCUT2D eigenvalue weighted by molar-refractivity contribution is -0.137. The van der Waals surface area contributed by atoms with E-state index < -0.39 is 0 Å². The number of ether oxygens (including phenoxy) is 2. The molecule has 3 amide bonds. The summed E-state index contributed by atoms with van der Waals surface area (Å²) in [6.45, 7) is 5.12. The van der Waals surface area contributed by atoms with Gasteiger partial charge in [0.2, 0.25) is 11.8 Å². The molecule has 34 heavy (non-hydrogen) atoms. The van der Waals surface area contributed by atoms with Crippen LogP contribution in [0.1, 0.15) is 24.5 Å². The third-order valence-electron chi connectivity index (χ3n) is 6.27. The van der Waals surface area contributed by atoms with Gasteiger partial charge >= 0.3 is 0 Å². The number of anilines is 1. The van der Waals surface area contributed by atoms with E-state index in [4.69, 9.17) is 9.47 Å². The smallest absolute Gasteiger partial charge is 0.260 e. The van der Waals surface area contributed by atoms with E-state index in [9.17, 15) is 14.4 Å². The van der Waals surface area contributed by atoms with Gasteiger partial charge < -0.3 is 24.6 Å². The van der Waals surface area contributed by atoms with Crippen LogP contribution in [-0.2, 0) is 32.1 Å². The van der Waals surface area contributed by atoms with Crippen molar-refractivity contribution in [3.8, 4) is 5.75 Å². The first kappa shape index (κ1) is 23.8. The summed E-state index contributed by atoms with van der Waals surface area (Å²) in [6.07, 6.45) is 1.17. The van der Waals surface area contributed by atoms with Crippen molar-refractivity contribution in [1.82, 2.24) is 10.2 Å². The second-order valence-corrected chi connectivity index (χ2v) is 8.57. The molecular weight excluding hydrogens is 434 g/mol. The van der Waals surface area contributed by atoms with Gasteiger partial charge in [-0.1, -0.05) is 31.2 Å². The minimum absolute atomic E-state index is 0.0363. The molecule has 2 aromatic rings. The predicted molar refractivity (Wildman–Crippen MR) is 127 cm³/mol. The van der Waals surface area contributed by atoms with Crippen LogP contribution < -0.4 is 15.0 Å². The van der Waals surface area contributed by atoms with Gasteiger partial charge in [-0.2, -0.15) is 0 Å². The highest BCUT2D eigenvalue weighted by Crippen LogP contribution is 2.27. The molecule has 2 aliphatic rings. The van der Waals surface area contributed by atoms with Crippen LogP contribution in [0.25, 0.3) is 0 Å². The van der Waals surface area contributed by atoms with E-state index >= 15 is 0 Å². The van der Waals surface area contributed by atoms with Crippen LogP contribution >= 0.6 is 0 Å². The summed E-state index contributed by atoms with van der Waals surface area (Å²) >= 11 is 0. The van der Waals surface area contributed by atoms with E-state index in [1.807, 2.05) is 12.1 Å². The average Bonchev–Trinajstić information content (AvgIpc) is 3.28. The Bertz CT molecular complexity index is 1000. The zero-order valence-corrected chi connectivity index (χ0v) is 19.5. The first-order chi connectivity index (χ1) is 16.5. The number of aryl methyl sites for hydroxylation is 1. The normalized spacial score (nSPS) is 18.1. The Morgan fingerprint density at radius 3 is 2.38 bits per heavy atom. The summed E-state index contributed by atoms with van der Waals surface area (Å²) < 4.78 is 10.9. The van der Waals surface area contributed by atoms with E-state index in [0.717, 1.165) is 12.0 Å². The minimum Gasteiger partial charge on any atom is -0.484 e. The number of carbonyl (C=O) groups excluding carboxylic acids is 3. The summed E-state index contributed by atoms with van der Waals surface area (Å²) in [6, 6.07) is 15.2. The Hall–Kier alpha value is -3.39. The Balaban J connectivity index is 1.26. The van der Waals surface area contributed by atoms with Gasteiger partial charge in [0.25, 0.3) is 5.91 Å². The molecule has 0 unspecified atom stereocenters. The molecule has 2 saturated heterocycles. The standard InChI is InChI=1S/C26H31N3O5/c1-2-19-3-5-20(6-4-19)16-27-26(32)21-15-24(30)29(17-21)22-7-9-23(10-8-22)34-18-25(31)28-11-13-33-14-12-28/h3-10,21H,2,11-18H2,1H3,(H,27,32)/t21-/m0/s1. The first-order valence-corrected chi connectivity index (χ1v) is 11.8. The Labute approximate surface area is 199 Å². The van der Waals surface area contributed by atoms with Crippen molar-refractivity contribution in [2.45, 2.75) is 26.3 Å². The van der Waals surface area contributed by atoms with Gasteiger partial charge in [-0.3, -0.25) is 14.4 Å². The first-order valence-electron chi connectivity index (χ1n) is 11.8. The molecule has 1 N–H and O–H groups in total. The molecule has 2 aliphatic heterocycles. The molecule has 0 spiro atoms. The van der Waals surface area contributed by atoms with Crippen LogP contribution in [0, 0.1) is 5.92 Å². The van der Waals surface area contributed by atoms with Gasteiger partial charge in [-0.25, -0.2) is 0 Å². The Morgan fingerprint density at radius 1 is 1.03 bits per heavy atom. The zero-order chi connectivity index (χ0) is 23.9. The summed E-state index contributed by atoms with van der Waals surface area (Å²) in [4.78, 5) is 40.8. The number of benzene rings is 2. The molecule has 8 heteroatoms. The van der Waals surface area contributed by atoms with Crippen LogP contribution in [0.2, 0.25) is 0 Å². The van der Waals surface area contributed by atoms with E-state index in [1.165, 1.54) is 5.56 Å². The quantitative estimate of drug-likeness (QED) is 0.646. The number of rotatable bonds is 8. The van der Waals surface area contributed by atoms with Crippen molar-refractivity contribution in [2.24, 2.45) is 5.92 Å². The highest BCUT2D eigenvalue weighted by Gasteiger charge is 2.35. The fourth-order valence-corrected chi connectivity index (χ4v) is 4.13. The second-order valence-electron chi connectivity index (χ2n) is 8.57. The summed E-state index contributed by atoms with van der Waals surface area (Å²) in [5, 5.41) is 2.95. The molecule has 1 atom stereocenters. The number of hydrogen-bond acceptors (Lipinski definition) is 5. The van der Waals surface area contributed by atoms with Crippen molar-refractivity contribution in [3.63, 3.8) is 0 Å². The van der Waals surface area contributed by atoms with E-state index in [-0.39, 0.29) is 36.7 Å². The minimum atomic E-state index is -0.385. The largest absolute Gasteiger partial charge is 0.484 e. The fourth-order valence-electron chi connectivity index (χ4n) is 4.13. The van der Waals surface area contributed by atoms with E-state index in [2.05, 4.69) is 24.4 Å². The molecule has 0 aliphatic carbocycles. The second kappa shape index (κ2) is 11.2. The van der Waals surface area contributed by atoms with Crippen LogP contribution in [0.5, 0.6) is 5.75 Å². The fraction of sp³-hybridized carbons (Fsp3) is 0.423. The number of nitrogens with one attached hydrogen (secondary N) is 1. The molecule has 0 radical (unpaired) electrons. The SMILES string of the molecule is CCc1ccc(CNC(=O)[C@H]2CC(=O)N(c3ccc(OCC(=O)N4CCOCC4)cc3)C2)cc1. The Morgan fingerprint density at radius 2 is 1.71 bits per heavy atom. The maximum Gasteiger partial charge on any atom is 0.260 e. The number of hydrogen-bond donors (Lipinski definition) is 1. The number of carbonyl (C=O) groups is 3. The number of amides is 3. The topological polar surface area (TPSA) is 88.2 Å². The molecule has 2 fully saturated rings. The third-order valence-corrected chi connectivity index (χ3v) is 6.27. The third kappa shape index (κ3) is 5.94. The molecule has 0 bridgehead atoms. The predicted octanol–water partition coefficient (Wildman–Crippen LogP) is 2.16. The zero-order valence-electron chi connectivity index (χ0n) is 19.5. The van der Waals surface area contributed by atoms with Crippen LogP contribution in [0.3, 0.4) is 0 Å². The maximum absolute atomic E-state index is 12.6. The van der Waals surface area contributed by atoms with E-state index in [1.54, 1.807) is 34.1 Å². The van der Waals surface area contributed by atoms with E-state index in [0.29, 0.717) is 50.8 Å². The maximum atomic E-state index is 12.6. The van der Waals surface area contributed by atoms with Gasteiger partial charge in [-0.05, 0) is 41.8 Å². The highest BCUT2D eigenvalue weighted by molar-refractivity contribution is 6.00.